The van der Waals surface area contributed by atoms with Gasteiger partial charge in [0.1, 0.15) is 0 Å². The molecule has 7 nitrogen and oxygen atoms in total. The fourth-order valence-corrected chi connectivity index (χ4v) is 5.55. The average Bonchev–Trinajstić information content (AvgIpc) is 3.31. The van der Waals surface area contributed by atoms with E-state index in [2.05, 4.69) is 0 Å². The number of hydrogen-bond donors (Lipinski definition) is 1. The van der Waals surface area contributed by atoms with Gasteiger partial charge in [-0.2, -0.15) is 0 Å². The standard InChI is InChI=1S/C21H27NO6S/c1-10-11(2)19(27-18(10)24)26-9-14-13-8-15-12(6-7-29-15)16(13)22(17(14)23)20(25)28-21(3,4)5/h9,13,16,19-20,25H,6-8H2,1-5H3. The maximum atomic E-state index is 13.2. The smallest absolute Gasteiger partial charge is 0.337 e. The number of esters is 1. The van der Waals surface area contributed by atoms with Crippen molar-refractivity contribution >= 4 is 23.6 Å². The van der Waals surface area contributed by atoms with E-state index in [0.717, 1.165) is 18.6 Å². The highest BCUT2D eigenvalue weighted by Crippen LogP contribution is 2.53. The minimum atomic E-state index is -1.34. The van der Waals surface area contributed by atoms with E-state index in [-0.39, 0.29) is 17.9 Å². The number of rotatable bonds is 4. The number of fused-ring (bicyclic) bond motifs is 2. The normalized spacial score (nSPS) is 31.7. The van der Waals surface area contributed by atoms with Crippen molar-refractivity contribution in [1.29, 1.82) is 0 Å². The van der Waals surface area contributed by atoms with Crippen LogP contribution in [0.5, 0.6) is 0 Å². The summed E-state index contributed by atoms with van der Waals surface area (Å²) in [4.78, 5) is 27.7. The Labute approximate surface area is 174 Å². The topological polar surface area (TPSA) is 85.3 Å². The summed E-state index contributed by atoms with van der Waals surface area (Å²) < 4.78 is 16.6. The van der Waals surface area contributed by atoms with Gasteiger partial charge in [-0.15, -0.1) is 11.8 Å². The minimum absolute atomic E-state index is 0.0963. The zero-order chi connectivity index (χ0) is 21.1. The van der Waals surface area contributed by atoms with Crippen LogP contribution in [0.4, 0.5) is 0 Å². The average molecular weight is 422 g/mol. The number of carbonyl (C=O) groups is 2. The van der Waals surface area contributed by atoms with Crippen LogP contribution in [0.15, 0.2) is 33.5 Å². The van der Waals surface area contributed by atoms with E-state index in [0.29, 0.717) is 16.7 Å². The fourth-order valence-electron chi connectivity index (χ4n) is 4.27. The molecule has 1 aliphatic carbocycles. The molecule has 158 valence electrons. The molecule has 29 heavy (non-hydrogen) atoms. The molecular formula is C21H27NO6S. The van der Waals surface area contributed by atoms with Crippen LogP contribution < -0.4 is 0 Å². The van der Waals surface area contributed by atoms with Gasteiger partial charge in [0.25, 0.3) is 12.2 Å². The summed E-state index contributed by atoms with van der Waals surface area (Å²) in [6.45, 7) is 8.98. The Bertz CT molecular complexity index is 852. The number of carbonyl (C=O) groups excluding carboxylic acids is 2. The van der Waals surface area contributed by atoms with Crippen LogP contribution in [0.2, 0.25) is 0 Å². The number of aliphatic hydroxyl groups excluding tert-OH is 1. The van der Waals surface area contributed by atoms with E-state index in [1.807, 2.05) is 32.5 Å². The number of likely N-dealkylation sites (tertiary alicyclic amines) is 1. The molecule has 0 aromatic rings. The fraction of sp³-hybridized carbons (Fsp3) is 0.619. The van der Waals surface area contributed by atoms with Gasteiger partial charge in [0.15, 0.2) is 0 Å². The second-order valence-corrected chi connectivity index (χ2v) is 10.0. The van der Waals surface area contributed by atoms with Crippen molar-refractivity contribution in [3.8, 4) is 0 Å². The molecule has 0 saturated carbocycles. The monoisotopic (exact) mass is 421 g/mol. The molecular weight excluding hydrogens is 394 g/mol. The van der Waals surface area contributed by atoms with Crippen LogP contribution >= 0.6 is 11.8 Å². The van der Waals surface area contributed by atoms with Gasteiger partial charge in [0.05, 0.1) is 23.5 Å². The lowest BCUT2D eigenvalue weighted by Crippen LogP contribution is -2.47. The number of aliphatic hydroxyl groups is 1. The summed E-state index contributed by atoms with van der Waals surface area (Å²) in [7, 11) is 0. The zero-order valence-electron chi connectivity index (χ0n) is 17.4. The highest BCUT2D eigenvalue weighted by molar-refractivity contribution is 8.03. The summed E-state index contributed by atoms with van der Waals surface area (Å²) in [6.07, 6.45) is 0.912. The maximum absolute atomic E-state index is 13.2. The van der Waals surface area contributed by atoms with E-state index in [1.165, 1.54) is 21.6 Å². The lowest BCUT2D eigenvalue weighted by atomic mass is 9.95. The summed E-state index contributed by atoms with van der Waals surface area (Å²) >= 11 is 1.82. The first-order valence-electron chi connectivity index (χ1n) is 9.85. The molecule has 0 aromatic heterocycles. The Morgan fingerprint density at radius 2 is 2.03 bits per heavy atom. The lowest BCUT2D eigenvalue weighted by Gasteiger charge is -2.34. The summed E-state index contributed by atoms with van der Waals surface area (Å²) in [5.41, 5.74) is 2.32. The number of cyclic esters (lactones) is 1. The van der Waals surface area contributed by atoms with Gasteiger partial charge in [-0.05, 0) is 57.9 Å². The highest BCUT2D eigenvalue weighted by atomic mass is 32.2. The molecule has 1 N–H and O–H groups in total. The highest BCUT2D eigenvalue weighted by Gasteiger charge is 2.54. The first kappa shape index (κ1) is 20.5. The third-order valence-corrected chi connectivity index (χ3v) is 7.00. The molecule has 0 radical (unpaired) electrons. The zero-order valence-corrected chi connectivity index (χ0v) is 18.2. The summed E-state index contributed by atoms with van der Waals surface area (Å²) in [6, 6.07) is -0.218. The van der Waals surface area contributed by atoms with Gasteiger partial charge in [-0.1, -0.05) is 0 Å². The SMILES string of the molecule is CC1=C(C)C(OC=C2C(=O)N(C(O)OC(C)(C)C)C3C4=C(CC23)SCC4)OC1=O. The third kappa shape index (κ3) is 3.51. The first-order valence-corrected chi connectivity index (χ1v) is 10.8. The molecule has 4 atom stereocenters. The number of allylic oxidation sites excluding steroid dienone is 1. The summed E-state index contributed by atoms with van der Waals surface area (Å²) in [5.74, 6) is 0.196. The molecule has 8 heteroatoms. The van der Waals surface area contributed by atoms with Crippen LogP contribution in [-0.4, -0.2) is 52.0 Å². The van der Waals surface area contributed by atoms with Crippen LogP contribution in [-0.2, 0) is 23.8 Å². The molecule has 4 rings (SSSR count). The van der Waals surface area contributed by atoms with Crippen molar-refractivity contribution in [3.63, 3.8) is 0 Å². The molecule has 1 amide bonds. The van der Waals surface area contributed by atoms with Crippen LogP contribution in [0, 0.1) is 5.92 Å². The van der Waals surface area contributed by atoms with Gasteiger partial charge < -0.3 is 19.3 Å². The lowest BCUT2D eigenvalue weighted by molar-refractivity contribution is -0.237. The first-order chi connectivity index (χ1) is 13.6. The molecule has 0 bridgehead atoms. The van der Waals surface area contributed by atoms with Crippen LogP contribution in [0.3, 0.4) is 0 Å². The number of amides is 1. The predicted octanol–water partition coefficient (Wildman–Crippen LogP) is 2.82. The van der Waals surface area contributed by atoms with Crippen molar-refractivity contribution in [2.24, 2.45) is 5.92 Å². The minimum Gasteiger partial charge on any atom is -0.458 e. The van der Waals surface area contributed by atoms with E-state index in [4.69, 9.17) is 14.2 Å². The van der Waals surface area contributed by atoms with Crippen molar-refractivity contribution < 1.29 is 28.9 Å². The molecule has 1 fully saturated rings. The Kier molecular flexibility index (Phi) is 5.07. The van der Waals surface area contributed by atoms with Gasteiger partial charge in [-0.25, -0.2) is 4.79 Å². The Balaban J connectivity index is 1.61. The van der Waals surface area contributed by atoms with Crippen molar-refractivity contribution in [3.05, 3.63) is 33.5 Å². The molecule has 1 saturated heterocycles. The largest absolute Gasteiger partial charge is 0.458 e. The van der Waals surface area contributed by atoms with E-state index >= 15 is 0 Å². The number of thioether (sulfide) groups is 1. The number of hydrogen-bond acceptors (Lipinski definition) is 7. The van der Waals surface area contributed by atoms with Crippen molar-refractivity contribution in [1.82, 2.24) is 4.90 Å². The van der Waals surface area contributed by atoms with Crippen LogP contribution in [0.1, 0.15) is 47.5 Å². The second kappa shape index (κ2) is 7.18. The van der Waals surface area contributed by atoms with Gasteiger partial charge in [0, 0.05) is 22.8 Å². The molecule has 4 unspecified atom stereocenters. The van der Waals surface area contributed by atoms with E-state index in [9.17, 15) is 14.7 Å². The molecule has 3 heterocycles. The van der Waals surface area contributed by atoms with Gasteiger partial charge >= 0.3 is 5.97 Å². The molecule has 4 aliphatic rings. The second-order valence-electron chi connectivity index (χ2n) is 8.83. The maximum Gasteiger partial charge on any atom is 0.337 e. The molecule has 0 aromatic carbocycles. The number of ether oxygens (including phenoxy) is 3. The van der Waals surface area contributed by atoms with Crippen LogP contribution in [0.25, 0.3) is 0 Å². The predicted molar refractivity (Wildman–Crippen MR) is 107 cm³/mol. The van der Waals surface area contributed by atoms with Gasteiger partial charge in [0.2, 0.25) is 6.41 Å². The van der Waals surface area contributed by atoms with Gasteiger partial charge in [-0.3, -0.25) is 9.69 Å². The number of nitrogens with zero attached hydrogens (tertiary/aromatic N) is 1. The Hall–Kier alpha value is -1.77. The Morgan fingerprint density at radius 3 is 2.66 bits per heavy atom. The van der Waals surface area contributed by atoms with Crippen molar-refractivity contribution in [2.75, 3.05) is 5.75 Å². The molecule has 0 spiro atoms. The Morgan fingerprint density at radius 1 is 1.31 bits per heavy atom. The quantitative estimate of drug-likeness (QED) is 0.323. The molecule has 3 aliphatic heterocycles. The van der Waals surface area contributed by atoms with Crippen molar-refractivity contribution in [2.45, 2.75) is 71.8 Å². The van der Waals surface area contributed by atoms with E-state index < -0.39 is 24.3 Å². The third-order valence-electron chi connectivity index (χ3n) is 5.81. The summed E-state index contributed by atoms with van der Waals surface area (Å²) in [5, 5.41) is 10.7. The van der Waals surface area contributed by atoms with E-state index in [1.54, 1.807) is 13.8 Å².